The van der Waals surface area contributed by atoms with Gasteiger partial charge in [0.25, 0.3) is 0 Å². The third kappa shape index (κ3) is 3.71. The summed E-state index contributed by atoms with van der Waals surface area (Å²) in [7, 11) is 0. The Morgan fingerprint density at radius 3 is 2.61 bits per heavy atom. The van der Waals surface area contributed by atoms with E-state index in [1.165, 1.54) is 0 Å². The predicted octanol–water partition coefficient (Wildman–Crippen LogP) is 2.65. The van der Waals surface area contributed by atoms with Crippen molar-refractivity contribution in [1.82, 2.24) is 4.98 Å². The molecule has 1 atom stereocenters. The molecule has 98 valence electrons. The number of rotatable bonds is 6. The standard InChI is InChI=1S/C14H21N3O/c1-4-14(18)13-7-6-12(10-16-13)17(11(2)3)9-5-8-15/h6-7,10-11,14,18H,4-5,9H2,1-3H3. The Hall–Kier alpha value is -1.60. The first-order chi connectivity index (χ1) is 8.60. The van der Waals surface area contributed by atoms with E-state index in [9.17, 15) is 5.11 Å². The summed E-state index contributed by atoms with van der Waals surface area (Å²) in [6, 6.07) is 6.29. The summed E-state index contributed by atoms with van der Waals surface area (Å²) in [5, 5.41) is 18.4. The molecule has 0 amide bonds. The third-order valence-corrected chi connectivity index (χ3v) is 2.92. The fraction of sp³-hybridized carbons (Fsp3) is 0.571. The molecule has 4 nitrogen and oxygen atoms in total. The van der Waals surface area contributed by atoms with E-state index < -0.39 is 6.10 Å². The maximum Gasteiger partial charge on any atom is 0.0957 e. The summed E-state index contributed by atoms with van der Waals surface area (Å²) in [6.07, 6.45) is 2.43. The predicted molar refractivity (Wildman–Crippen MR) is 72.2 cm³/mol. The average Bonchev–Trinajstić information content (AvgIpc) is 2.38. The van der Waals surface area contributed by atoms with Crippen molar-refractivity contribution in [3.63, 3.8) is 0 Å². The molecule has 1 heterocycles. The fourth-order valence-corrected chi connectivity index (χ4v) is 1.83. The lowest BCUT2D eigenvalue weighted by Gasteiger charge is -2.28. The van der Waals surface area contributed by atoms with Crippen LogP contribution in [0.25, 0.3) is 0 Å². The molecule has 1 aromatic rings. The molecule has 0 aliphatic rings. The first kappa shape index (κ1) is 14.5. The maximum absolute atomic E-state index is 9.69. The van der Waals surface area contributed by atoms with Crippen LogP contribution in [0.4, 0.5) is 5.69 Å². The van der Waals surface area contributed by atoms with Crippen LogP contribution in [-0.4, -0.2) is 22.7 Å². The van der Waals surface area contributed by atoms with Gasteiger partial charge in [-0.15, -0.1) is 0 Å². The molecule has 0 radical (unpaired) electrons. The average molecular weight is 247 g/mol. The highest BCUT2D eigenvalue weighted by atomic mass is 16.3. The van der Waals surface area contributed by atoms with E-state index in [1.54, 1.807) is 6.20 Å². The Kier molecular flexibility index (Phi) is 5.60. The molecule has 0 aliphatic carbocycles. The largest absolute Gasteiger partial charge is 0.387 e. The lowest BCUT2D eigenvalue weighted by Crippen LogP contribution is -2.31. The highest BCUT2D eigenvalue weighted by molar-refractivity contribution is 5.45. The van der Waals surface area contributed by atoms with Gasteiger partial charge in [0.05, 0.1) is 36.2 Å². The van der Waals surface area contributed by atoms with Gasteiger partial charge in [0, 0.05) is 12.6 Å². The molecule has 0 spiro atoms. The molecular formula is C14H21N3O. The number of aliphatic hydroxyl groups is 1. The van der Waals surface area contributed by atoms with Gasteiger partial charge in [-0.1, -0.05) is 6.92 Å². The minimum atomic E-state index is -0.495. The van der Waals surface area contributed by atoms with Crippen LogP contribution in [0, 0.1) is 11.3 Å². The van der Waals surface area contributed by atoms with Crippen molar-refractivity contribution in [2.24, 2.45) is 0 Å². The van der Waals surface area contributed by atoms with Gasteiger partial charge in [0.2, 0.25) is 0 Å². The highest BCUT2D eigenvalue weighted by Crippen LogP contribution is 2.20. The Labute approximate surface area is 109 Å². The van der Waals surface area contributed by atoms with Crippen molar-refractivity contribution in [1.29, 1.82) is 5.26 Å². The summed E-state index contributed by atoms with van der Waals surface area (Å²) in [5.41, 5.74) is 1.69. The van der Waals surface area contributed by atoms with Crippen molar-refractivity contribution >= 4 is 5.69 Å². The van der Waals surface area contributed by atoms with E-state index >= 15 is 0 Å². The number of aromatic nitrogens is 1. The van der Waals surface area contributed by atoms with Gasteiger partial charge in [-0.05, 0) is 32.4 Å². The van der Waals surface area contributed by atoms with Crippen molar-refractivity contribution in [2.45, 2.75) is 45.8 Å². The van der Waals surface area contributed by atoms with Crippen LogP contribution in [0.3, 0.4) is 0 Å². The van der Waals surface area contributed by atoms with E-state index in [0.717, 1.165) is 5.69 Å². The Balaban J connectivity index is 2.84. The van der Waals surface area contributed by atoms with Crippen LogP contribution in [0.1, 0.15) is 45.4 Å². The molecule has 0 aliphatic heterocycles. The summed E-state index contributed by atoms with van der Waals surface area (Å²) in [6.45, 7) is 6.80. The SMILES string of the molecule is CCC(O)c1ccc(N(CCC#N)C(C)C)cn1. The van der Waals surface area contributed by atoms with Crippen LogP contribution >= 0.6 is 0 Å². The van der Waals surface area contributed by atoms with Crippen molar-refractivity contribution in [3.05, 3.63) is 24.0 Å². The van der Waals surface area contributed by atoms with Crippen LogP contribution in [0.15, 0.2) is 18.3 Å². The van der Waals surface area contributed by atoms with Gasteiger partial charge in [0.1, 0.15) is 0 Å². The molecule has 0 saturated heterocycles. The molecular weight excluding hydrogens is 226 g/mol. The molecule has 1 N–H and O–H groups in total. The van der Waals surface area contributed by atoms with E-state index in [-0.39, 0.29) is 0 Å². The molecule has 0 saturated carbocycles. The van der Waals surface area contributed by atoms with Gasteiger partial charge in [-0.2, -0.15) is 5.26 Å². The van der Waals surface area contributed by atoms with E-state index in [0.29, 0.717) is 31.1 Å². The second kappa shape index (κ2) is 6.97. The second-order valence-electron chi connectivity index (χ2n) is 4.56. The Bertz CT molecular complexity index is 394. The zero-order valence-corrected chi connectivity index (χ0v) is 11.3. The Morgan fingerprint density at radius 2 is 2.17 bits per heavy atom. The van der Waals surface area contributed by atoms with Crippen LogP contribution < -0.4 is 4.90 Å². The van der Waals surface area contributed by atoms with Gasteiger partial charge in [0.15, 0.2) is 0 Å². The summed E-state index contributed by atoms with van der Waals surface area (Å²) in [4.78, 5) is 6.42. The van der Waals surface area contributed by atoms with Gasteiger partial charge in [-0.25, -0.2) is 0 Å². The Morgan fingerprint density at radius 1 is 1.44 bits per heavy atom. The number of anilines is 1. The van der Waals surface area contributed by atoms with Crippen LogP contribution in [0.2, 0.25) is 0 Å². The van der Waals surface area contributed by atoms with Gasteiger partial charge in [-0.3, -0.25) is 4.98 Å². The third-order valence-electron chi connectivity index (χ3n) is 2.92. The number of nitriles is 1. The molecule has 18 heavy (non-hydrogen) atoms. The topological polar surface area (TPSA) is 60.1 Å². The fourth-order valence-electron chi connectivity index (χ4n) is 1.83. The zero-order valence-electron chi connectivity index (χ0n) is 11.3. The van der Waals surface area contributed by atoms with E-state index in [4.69, 9.17) is 5.26 Å². The maximum atomic E-state index is 9.69. The number of hydrogen-bond acceptors (Lipinski definition) is 4. The monoisotopic (exact) mass is 247 g/mol. The number of nitrogens with zero attached hydrogens (tertiary/aromatic N) is 3. The molecule has 0 aromatic carbocycles. The number of pyridine rings is 1. The molecule has 0 bridgehead atoms. The normalized spacial score (nSPS) is 12.2. The van der Waals surface area contributed by atoms with Crippen LogP contribution in [0.5, 0.6) is 0 Å². The van der Waals surface area contributed by atoms with Crippen molar-refractivity contribution in [2.75, 3.05) is 11.4 Å². The number of hydrogen-bond donors (Lipinski definition) is 1. The van der Waals surface area contributed by atoms with Gasteiger partial charge < -0.3 is 10.0 Å². The molecule has 4 heteroatoms. The van der Waals surface area contributed by atoms with Crippen molar-refractivity contribution < 1.29 is 5.11 Å². The van der Waals surface area contributed by atoms with Crippen LogP contribution in [-0.2, 0) is 0 Å². The highest BCUT2D eigenvalue weighted by Gasteiger charge is 2.12. The van der Waals surface area contributed by atoms with E-state index in [1.807, 2.05) is 19.1 Å². The molecule has 1 aromatic heterocycles. The smallest absolute Gasteiger partial charge is 0.0957 e. The molecule has 1 rings (SSSR count). The lowest BCUT2D eigenvalue weighted by molar-refractivity contribution is 0.169. The summed E-state index contributed by atoms with van der Waals surface area (Å²) < 4.78 is 0. The molecule has 0 fully saturated rings. The lowest BCUT2D eigenvalue weighted by atomic mass is 10.1. The van der Waals surface area contributed by atoms with Crippen molar-refractivity contribution in [3.8, 4) is 6.07 Å². The minimum absolute atomic E-state index is 0.321. The van der Waals surface area contributed by atoms with E-state index in [2.05, 4.69) is 29.8 Å². The number of aliphatic hydroxyl groups excluding tert-OH is 1. The summed E-state index contributed by atoms with van der Waals surface area (Å²) >= 11 is 0. The zero-order chi connectivity index (χ0) is 13.5. The molecule has 1 unspecified atom stereocenters. The summed E-state index contributed by atoms with van der Waals surface area (Å²) in [5.74, 6) is 0. The minimum Gasteiger partial charge on any atom is -0.387 e. The first-order valence-corrected chi connectivity index (χ1v) is 6.37. The van der Waals surface area contributed by atoms with Gasteiger partial charge >= 0.3 is 0 Å². The second-order valence-corrected chi connectivity index (χ2v) is 4.56. The first-order valence-electron chi connectivity index (χ1n) is 6.37. The quantitative estimate of drug-likeness (QED) is 0.839.